The molecule has 2 nitrogen and oxygen atoms in total. The molecule has 5 aromatic carbocycles. The number of aryl methyl sites for hydroxylation is 1. The van der Waals surface area contributed by atoms with Crippen molar-refractivity contribution >= 4 is 28.7 Å². The lowest BCUT2D eigenvalue weighted by molar-refractivity contribution is 1.28. The summed E-state index contributed by atoms with van der Waals surface area (Å²) >= 11 is 0. The molecule has 2 heteroatoms. The Bertz CT molecular complexity index is 1450. The smallest absolute Gasteiger partial charge is 0.0998 e. The van der Waals surface area contributed by atoms with E-state index in [9.17, 15) is 5.26 Å². The largest absolute Gasteiger partial charge is 0.311 e. The van der Waals surface area contributed by atoms with E-state index in [1.807, 2.05) is 54.6 Å². The molecular formula is C34H26N2. The van der Waals surface area contributed by atoms with Crippen LogP contribution >= 0.6 is 0 Å². The minimum atomic E-state index is 0.640. The number of hydrogen-bond acceptors (Lipinski definition) is 2. The summed E-state index contributed by atoms with van der Waals surface area (Å²) in [6, 6.07) is 48.0. The Hall–Kier alpha value is -4.87. The van der Waals surface area contributed by atoms with E-state index in [0.717, 1.165) is 33.8 Å². The van der Waals surface area contributed by atoms with Crippen LogP contribution in [0.5, 0.6) is 0 Å². The Morgan fingerprint density at radius 3 is 1.56 bits per heavy atom. The van der Waals surface area contributed by atoms with Crippen molar-refractivity contribution in [2.45, 2.75) is 6.92 Å². The van der Waals surface area contributed by atoms with Gasteiger partial charge in [0, 0.05) is 17.1 Å². The van der Waals surface area contributed by atoms with Crippen LogP contribution in [0.1, 0.15) is 16.7 Å². The molecule has 0 atom stereocenters. The molecule has 0 aliphatic heterocycles. The second-order valence-electron chi connectivity index (χ2n) is 8.71. The van der Waals surface area contributed by atoms with Gasteiger partial charge in [0.05, 0.1) is 11.6 Å². The Labute approximate surface area is 213 Å². The Balaban J connectivity index is 1.42. The average Bonchev–Trinajstić information content (AvgIpc) is 2.94. The van der Waals surface area contributed by atoms with E-state index >= 15 is 0 Å². The lowest BCUT2D eigenvalue weighted by atomic mass is 9.99. The van der Waals surface area contributed by atoms with Crippen LogP contribution in [0.15, 0.2) is 133 Å². The highest BCUT2D eigenvalue weighted by Gasteiger charge is 2.11. The van der Waals surface area contributed by atoms with Gasteiger partial charge in [0.2, 0.25) is 0 Å². The van der Waals surface area contributed by atoms with E-state index < -0.39 is 0 Å². The van der Waals surface area contributed by atoms with Crippen molar-refractivity contribution < 1.29 is 0 Å². The SMILES string of the molecule is Cc1ccc(-c2ccc(/C(C#N)=C/c3ccc(N(c4ccccc4)c4ccccc4)cc3)cc2)cc1. The summed E-state index contributed by atoms with van der Waals surface area (Å²) < 4.78 is 0. The normalized spacial score (nSPS) is 11.1. The monoisotopic (exact) mass is 462 g/mol. The second kappa shape index (κ2) is 10.6. The van der Waals surface area contributed by atoms with Crippen LogP contribution in [0.3, 0.4) is 0 Å². The van der Waals surface area contributed by atoms with Gasteiger partial charge in [-0.1, -0.05) is 103 Å². The zero-order valence-electron chi connectivity index (χ0n) is 20.2. The van der Waals surface area contributed by atoms with Crippen molar-refractivity contribution in [2.24, 2.45) is 0 Å². The average molecular weight is 463 g/mol. The summed E-state index contributed by atoms with van der Waals surface area (Å²) in [5, 5.41) is 9.87. The first-order valence-electron chi connectivity index (χ1n) is 12.0. The van der Waals surface area contributed by atoms with Crippen LogP contribution in [0.2, 0.25) is 0 Å². The molecule has 0 fully saturated rings. The molecule has 0 saturated heterocycles. The van der Waals surface area contributed by atoms with Crippen molar-refractivity contribution in [3.05, 3.63) is 150 Å². The molecule has 0 aromatic heterocycles. The topological polar surface area (TPSA) is 27.0 Å². The number of benzene rings is 5. The first-order valence-corrected chi connectivity index (χ1v) is 12.0. The van der Waals surface area contributed by atoms with E-state index in [0.29, 0.717) is 5.57 Å². The van der Waals surface area contributed by atoms with Gasteiger partial charge >= 0.3 is 0 Å². The first kappa shape index (κ1) is 22.9. The second-order valence-corrected chi connectivity index (χ2v) is 8.71. The number of rotatable bonds is 6. The summed E-state index contributed by atoms with van der Waals surface area (Å²) in [5.41, 5.74) is 9.34. The maximum Gasteiger partial charge on any atom is 0.0998 e. The Morgan fingerprint density at radius 2 is 1.06 bits per heavy atom. The van der Waals surface area contributed by atoms with Gasteiger partial charge in [0.1, 0.15) is 0 Å². The first-order chi connectivity index (χ1) is 17.7. The predicted octanol–water partition coefficient (Wildman–Crippen LogP) is 9.20. The van der Waals surface area contributed by atoms with Crippen molar-refractivity contribution in [1.82, 2.24) is 0 Å². The molecule has 0 saturated carbocycles. The number of nitrogens with zero attached hydrogens (tertiary/aromatic N) is 2. The van der Waals surface area contributed by atoms with Crippen molar-refractivity contribution in [3.63, 3.8) is 0 Å². The number of allylic oxidation sites excluding steroid dienone is 1. The van der Waals surface area contributed by atoms with Crippen molar-refractivity contribution in [3.8, 4) is 17.2 Å². The van der Waals surface area contributed by atoms with Crippen LogP contribution in [-0.2, 0) is 0 Å². The molecule has 36 heavy (non-hydrogen) atoms. The molecule has 5 aromatic rings. The van der Waals surface area contributed by atoms with E-state index in [1.165, 1.54) is 11.1 Å². The summed E-state index contributed by atoms with van der Waals surface area (Å²) in [4.78, 5) is 2.22. The zero-order valence-corrected chi connectivity index (χ0v) is 20.2. The summed E-state index contributed by atoms with van der Waals surface area (Å²) in [5.74, 6) is 0. The third kappa shape index (κ3) is 5.12. The van der Waals surface area contributed by atoms with Crippen molar-refractivity contribution in [1.29, 1.82) is 5.26 Å². The molecule has 0 spiro atoms. The van der Waals surface area contributed by atoms with Crippen LogP contribution in [0.4, 0.5) is 17.1 Å². The van der Waals surface area contributed by atoms with Gasteiger partial charge in [0.25, 0.3) is 0 Å². The molecule has 172 valence electrons. The van der Waals surface area contributed by atoms with Crippen molar-refractivity contribution in [2.75, 3.05) is 4.90 Å². The Morgan fingerprint density at radius 1 is 0.583 bits per heavy atom. The number of nitriles is 1. The van der Waals surface area contributed by atoms with Gasteiger partial charge in [0.15, 0.2) is 0 Å². The molecular weight excluding hydrogens is 436 g/mol. The summed E-state index contributed by atoms with van der Waals surface area (Å²) in [7, 11) is 0. The lowest BCUT2D eigenvalue weighted by Gasteiger charge is -2.25. The fraction of sp³-hybridized carbons (Fsp3) is 0.0294. The zero-order chi connectivity index (χ0) is 24.7. The van der Waals surface area contributed by atoms with Gasteiger partial charge in [-0.25, -0.2) is 0 Å². The summed E-state index contributed by atoms with van der Waals surface area (Å²) in [6.45, 7) is 2.09. The van der Waals surface area contributed by atoms with Gasteiger partial charge in [-0.3, -0.25) is 0 Å². The summed E-state index contributed by atoms with van der Waals surface area (Å²) in [6.07, 6.45) is 1.94. The molecule has 0 aliphatic carbocycles. The number of anilines is 3. The van der Waals surface area contributed by atoms with E-state index in [4.69, 9.17) is 0 Å². The quantitative estimate of drug-likeness (QED) is 0.186. The minimum Gasteiger partial charge on any atom is -0.311 e. The van der Waals surface area contributed by atoms with Gasteiger partial charge in [-0.15, -0.1) is 0 Å². The molecule has 0 radical (unpaired) electrons. The molecule has 0 N–H and O–H groups in total. The van der Waals surface area contributed by atoms with Crippen LogP contribution in [0, 0.1) is 18.3 Å². The fourth-order valence-corrected chi connectivity index (χ4v) is 4.26. The van der Waals surface area contributed by atoms with E-state index in [-0.39, 0.29) is 0 Å². The highest BCUT2D eigenvalue weighted by molar-refractivity contribution is 5.90. The predicted molar refractivity (Wildman–Crippen MR) is 151 cm³/mol. The van der Waals surface area contributed by atoms with Gasteiger partial charge in [-0.2, -0.15) is 5.26 Å². The molecule has 5 rings (SSSR count). The minimum absolute atomic E-state index is 0.640. The number of para-hydroxylation sites is 2. The highest BCUT2D eigenvalue weighted by Crippen LogP contribution is 2.34. The molecule has 0 heterocycles. The maximum atomic E-state index is 9.87. The highest BCUT2D eigenvalue weighted by atomic mass is 15.1. The molecule has 0 amide bonds. The third-order valence-corrected chi connectivity index (χ3v) is 6.19. The van der Waals surface area contributed by atoms with E-state index in [1.54, 1.807) is 0 Å². The van der Waals surface area contributed by atoms with Gasteiger partial charge < -0.3 is 4.90 Å². The standard InChI is InChI=1S/C34H26N2/c1-26-12-16-28(17-13-26)29-18-20-30(21-19-29)31(25-35)24-27-14-22-34(23-15-27)36(32-8-4-2-5-9-32)33-10-6-3-7-11-33/h2-24H,1H3/b31-24+. The maximum absolute atomic E-state index is 9.87. The van der Waals surface area contributed by atoms with Crippen LogP contribution < -0.4 is 4.90 Å². The van der Waals surface area contributed by atoms with Gasteiger partial charge in [-0.05, 0) is 71.7 Å². The van der Waals surface area contributed by atoms with Crippen LogP contribution in [-0.4, -0.2) is 0 Å². The van der Waals surface area contributed by atoms with E-state index in [2.05, 4.69) is 103 Å². The Kier molecular flexibility index (Phi) is 6.74. The fourth-order valence-electron chi connectivity index (χ4n) is 4.26. The number of hydrogen-bond donors (Lipinski definition) is 0. The lowest BCUT2D eigenvalue weighted by Crippen LogP contribution is -2.09. The molecule has 0 aliphatic rings. The van der Waals surface area contributed by atoms with Crippen LogP contribution in [0.25, 0.3) is 22.8 Å². The molecule has 0 bridgehead atoms. The third-order valence-electron chi connectivity index (χ3n) is 6.19. The molecule has 0 unspecified atom stereocenters.